The maximum absolute atomic E-state index is 13.5. The number of hydrogen-bond acceptors (Lipinski definition) is 10. The number of alkyl carbamates (subject to hydrolysis) is 1. The van der Waals surface area contributed by atoms with Gasteiger partial charge in [0.15, 0.2) is 23.9 Å². The Morgan fingerprint density at radius 2 is 1.62 bits per heavy atom. The van der Waals surface area contributed by atoms with Gasteiger partial charge in [-0.2, -0.15) is 4.73 Å². The third kappa shape index (κ3) is 9.15. The largest absolute Gasteiger partial charge is 0.619 e. The van der Waals surface area contributed by atoms with Crippen molar-refractivity contribution in [3.8, 4) is 17.2 Å². The van der Waals surface area contributed by atoms with E-state index in [1.54, 1.807) is 30.3 Å². The fourth-order valence-electron chi connectivity index (χ4n) is 7.22. The van der Waals surface area contributed by atoms with Crippen molar-refractivity contribution in [1.29, 1.82) is 0 Å². The molecule has 2 bridgehead atoms. The second kappa shape index (κ2) is 17.6. The molecule has 2 aromatic heterocycles. The highest BCUT2D eigenvalue weighted by Crippen LogP contribution is 2.36. The number of methoxy groups -OCH3 is 2. The van der Waals surface area contributed by atoms with Gasteiger partial charge in [-0.25, -0.2) is 9.59 Å². The number of carbonyl (C=O) groups is 2. The molecule has 5 heterocycles. The van der Waals surface area contributed by atoms with Crippen molar-refractivity contribution in [3.05, 3.63) is 146 Å². The summed E-state index contributed by atoms with van der Waals surface area (Å²) in [6.45, 7) is 2.89. The van der Waals surface area contributed by atoms with Crippen LogP contribution in [0.3, 0.4) is 0 Å². The Hall–Kier alpha value is -5.43. The number of nitrogens with one attached hydrogen (secondary N) is 1. The van der Waals surface area contributed by atoms with Crippen LogP contribution in [-0.4, -0.2) is 56.9 Å². The fraction of sp³-hybridized carbons (Fsp3) is 0.310. The zero-order chi connectivity index (χ0) is 39.2. The molecule has 0 spiro atoms. The van der Waals surface area contributed by atoms with Crippen LogP contribution in [0.2, 0.25) is 10.0 Å². The van der Waals surface area contributed by atoms with Crippen molar-refractivity contribution in [1.82, 2.24) is 10.2 Å². The van der Waals surface area contributed by atoms with Gasteiger partial charge in [-0.15, -0.1) is 0 Å². The molecule has 1 unspecified atom stereocenters. The lowest BCUT2D eigenvalue weighted by molar-refractivity contribution is -0.605. The number of pyridine rings is 1. The molecule has 3 aliphatic rings. The molecule has 0 saturated carbocycles. The number of aromatic nitrogens is 1. The quantitative estimate of drug-likeness (QED) is 0.0672. The SMILES string of the molecule is COc1ccc(C(Cc2c(Cl)c[n+]([O-])cc2Cl)OC(=O)c2ccc(COc3cccc([C@@H](NC(=O)O[C@H]4CN5CCC4CC5)c4ccccc4)c3)o2)cc1OC. The van der Waals surface area contributed by atoms with Gasteiger partial charge in [-0.3, -0.25) is 4.90 Å². The van der Waals surface area contributed by atoms with Gasteiger partial charge >= 0.3 is 12.1 Å². The van der Waals surface area contributed by atoms with Crippen LogP contribution in [0, 0.1) is 11.1 Å². The molecule has 3 saturated heterocycles. The first-order valence-corrected chi connectivity index (χ1v) is 19.0. The summed E-state index contributed by atoms with van der Waals surface area (Å²) in [4.78, 5) is 29.1. The molecule has 3 aromatic carbocycles. The highest BCUT2D eigenvalue weighted by Gasteiger charge is 2.37. The summed E-state index contributed by atoms with van der Waals surface area (Å²) in [5.41, 5.74) is 2.67. The Balaban J connectivity index is 1.04. The number of amides is 1. The zero-order valence-electron chi connectivity index (χ0n) is 30.8. The van der Waals surface area contributed by atoms with Gasteiger partial charge in [0.1, 0.15) is 40.4 Å². The summed E-state index contributed by atoms with van der Waals surface area (Å²) < 4.78 is 35.3. The predicted octanol–water partition coefficient (Wildman–Crippen LogP) is 7.87. The molecule has 12 nitrogen and oxygen atoms in total. The number of ether oxygens (including phenoxy) is 5. The molecule has 1 amide bonds. The van der Waals surface area contributed by atoms with E-state index in [0.717, 1.165) is 43.6 Å². The monoisotopic (exact) mass is 801 g/mol. The highest BCUT2D eigenvalue weighted by atomic mass is 35.5. The van der Waals surface area contributed by atoms with Crippen molar-refractivity contribution in [2.75, 3.05) is 33.9 Å². The van der Waals surface area contributed by atoms with E-state index in [2.05, 4.69) is 10.2 Å². The molecular formula is C42H41Cl2N3O9. The number of benzene rings is 3. The number of rotatable bonds is 14. The lowest BCUT2D eigenvalue weighted by Gasteiger charge is -2.43. The second-order valence-electron chi connectivity index (χ2n) is 13.7. The van der Waals surface area contributed by atoms with Crippen molar-refractivity contribution in [2.24, 2.45) is 5.92 Å². The minimum Gasteiger partial charge on any atom is -0.619 e. The summed E-state index contributed by atoms with van der Waals surface area (Å²) in [5, 5.41) is 15.2. The van der Waals surface area contributed by atoms with E-state index in [9.17, 15) is 14.8 Å². The number of halogens is 2. The lowest BCUT2D eigenvalue weighted by atomic mass is 9.86. The van der Waals surface area contributed by atoms with E-state index >= 15 is 0 Å². The summed E-state index contributed by atoms with van der Waals surface area (Å²) >= 11 is 12.8. The minimum absolute atomic E-state index is 0.00527. The van der Waals surface area contributed by atoms with E-state index in [1.807, 2.05) is 48.5 Å². The average molecular weight is 803 g/mol. The lowest BCUT2D eigenvalue weighted by Crippen LogP contribution is -2.52. The maximum atomic E-state index is 13.5. The Morgan fingerprint density at radius 1 is 0.893 bits per heavy atom. The second-order valence-corrected chi connectivity index (χ2v) is 14.5. The fourth-order valence-corrected chi connectivity index (χ4v) is 7.82. The number of nitrogens with zero attached hydrogens (tertiary/aromatic N) is 2. The van der Waals surface area contributed by atoms with Crippen LogP contribution in [0.25, 0.3) is 0 Å². The first kappa shape index (κ1) is 38.8. The van der Waals surface area contributed by atoms with Crippen molar-refractivity contribution < 1.29 is 42.4 Å². The molecule has 0 aliphatic carbocycles. The number of fused-ring (bicyclic) bond motifs is 3. The van der Waals surface area contributed by atoms with Gasteiger partial charge < -0.3 is 38.6 Å². The zero-order valence-corrected chi connectivity index (χ0v) is 32.3. The minimum atomic E-state index is -0.911. The molecule has 3 fully saturated rings. The number of furan rings is 1. The van der Waals surface area contributed by atoms with Crippen molar-refractivity contribution >= 4 is 35.3 Å². The summed E-state index contributed by atoms with van der Waals surface area (Å²) in [5.74, 6) is 1.40. The number of piperidine rings is 3. The Labute approximate surface area is 334 Å². The van der Waals surface area contributed by atoms with E-state index in [1.165, 1.54) is 32.7 Å². The molecule has 3 atom stereocenters. The van der Waals surface area contributed by atoms with Crippen LogP contribution in [0.15, 0.2) is 102 Å². The van der Waals surface area contributed by atoms with E-state index in [4.69, 9.17) is 51.3 Å². The van der Waals surface area contributed by atoms with Gasteiger partial charge in [-0.05, 0) is 84.9 Å². The first-order chi connectivity index (χ1) is 27.2. The van der Waals surface area contributed by atoms with Crippen molar-refractivity contribution in [3.63, 3.8) is 0 Å². The highest BCUT2D eigenvalue weighted by molar-refractivity contribution is 6.35. The molecule has 3 aliphatic heterocycles. The van der Waals surface area contributed by atoms with E-state index in [-0.39, 0.29) is 34.9 Å². The average Bonchev–Trinajstić information content (AvgIpc) is 3.70. The molecule has 5 aromatic rings. The Morgan fingerprint density at radius 3 is 2.32 bits per heavy atom. The molecule has 0 radical (unpaired) electrons. The van der Waals surface area contributed by atoms with Crippen LogP contribution in [0.4, 0.5) is 4.79 Å². The maximum Gasteiger partial charge on any atom is 0.408 e. The van der Waals surface area contributed by atoms with Crippen LogP contribution >= 0.6 is 23.2 Å². The molecule has 56 heavy (non-hydrogen) atoms. The molecule has 292 valence electrons. The number of esters is 1. The first-order valence-electron chi connectivity index (χ1n) is 18.2. The molecule has 8 rings (SSSR count). The van der Waals surface area contributed by atoms with E-state index < -0.39 is 24.2 Å². The van der Waals surface area contributed by atoms with Crippen LogP contribution in [0.5, 0.6) is 17.2 Å². The predicted molar refractivity (Wildman–Crippen MR) is 207 cm³/mol. The smallest absolute Gasteiger partial charge is 0.408 e. The van der Waals surface area contributed by atoms with Gasteiger partial charge in [0, 0.05) is 18.5 Å². The molecule has 1 N–H and O–H groups in total. The van der Waals surface area contributed by atoms with Gasteiger partial charge in [0.25, 0.3) is 0 Å². The van der Waals surface area contributed by atoms with Gasteiger partial charge in [-0.1, -0.05) is 71.7 Å². The summed E-state index contributed by atoms with van der Waals surface area (Å²) in [6.07, 6.45) is 2.99. The van der Waals surface area contributed by atoms with Crippen LogP contribution in [0.1, 0.15) is 63.6 Å². The van der Waals surface area contributed by atoms with Gasteiger partial charge in [0.05, 0.1) is 20.3 Å². The molecular weight excluding hydrogens is 761 g/mol. The third-order valence-electron chi connectivity index (χ3n) is 10.2. The standard InChI is InChI=1S/C42H41Cl2N3O9/c1-51-35-13-11-28(20-38(35)52-2)37(21-32-33(43)22-47(50)23-34(32)44)55-41(48)36-14-12-31(54-36)25-53-30-10-6-9-29(19-30)40(27-7-4-3-5-8-27)45-42(49)56-39-24-46-17-15-26(39)16-18-46/h3-14,19-20,22-23,26,37,39-40H,15-18,21,24-25H2,1-2H3,(H,45,49)/t37?,39-,40-/m0/s1. The number of carbonyl (C=O) groups excluding carboxylic acids is 2. The summed E-state index contributed by atoms with van der Waals surface area (Å²) in [6, 6.07) is 24.9. The number of hydrogen-bond donors (Lipinski definition) is 1. The molecule has 14 heteroatoms. The topological polar surface area (TPSA) is 136 Å². The van der Waals surface area contributed by atoms with Crippen LogP contribution < -0.4 is 24.3 Å². The van der Waals surface area contributed by atoms with E-state index in [0.29, 0.717) is 44.8 Å². The third-order valence-corrected chi connectivity index (χ3v) is 10.8. The van der Waals surface area contributed by atoms with Crippen molar-refractivity contribution in [2.45, 2.75) is 44.1 Å². The van der Waals surface area contributed by atoms with Gasteiger partial charge in [0.2, 0.25) is 5.76 Å². The van der Waals surface area contributed by atoms with Crippen LogP contribution in [-0.2, 0) is 22.5 Å². The Kier molecular flexibility index (Phi) is 12.2. The Bertz CT molecular complexity index is 2130. The summed E-state index contributed by atoms with van der Waals surface area (Å²) in [7, 11) is 3.01. The normalized spacial score (nSPS) is 18.4.